The van der Waals surface area contributed by atoms with Gasteiger partial charge in [-0.1, -0.05) is 18.2 Å². The van der Waals surface area contributed by atoms with Gasteiger partial charge in [-0.05, 0) is 18.2 Å². The molecule has 0 bridgehead atoms. The fourth-order valence-electron chi connectivity index (χ4n) is 11.0. The van der Waals surface area contributed by atoms with Crippen LogP contribution in [-0.4, -0.2) is 31.7 Å². The van der Waals surface area contributed by atoms with Crippen LogP contribution < -0.4 is 20.7 Å². The van der Waals surface area contributed by atoms with E-state index in [-0.39, 0.29) is 0 Å². The first kappa shape index (κ1) is 43.5. The summed E-state index contributed by atoms with van der Waals surface area (Å²) in [6.07, 6.45) is 3.77. The second kappa shape index (κ2) is 18.3. The Hall–Kier alpha value is -8.54. The summed E-state index contributed by atoms with van der Waals surface area (Å²) in [5.74, 6) is 0.860. The van der Waals surface area contributed by atoms with Crippen LogP contribution in [0.3, 0.4) is 0 Å². The zero-order valence-electron chi connectivity index (χ0n) is 39.0. The average molecular weight is 1120 g/mol. The van der Waals surface area contributed by atoms with Crippen LogP contribution in [0.4, 0.5) is 0 Å². The molecule has 4 aromatic heterocycles. The first-order valence-corrected chi connectivity index (χ1v) is 27.4. The molecule has 0 saturated carbocycles. The molecule has 9 aromatic carbocycles. The van der Waals surface area contributed by atoms with E-state index in [1.54, 1.807) is 0 Å². The number of imidazole rings is 1. The average Bonchev–Trinajstić information content (AvgIpc) is 3.95. The standard InChI is InChI=1S/C65H45N5Si.Pt/c1-5-21-47(22-6-1)55-32-20-33-56(48-23-7-2-8-24-48)65(55)69-46-68(61-36-15-16-37-62(61)69)50-25-19-30-53(43-50)71(51-26-9-3-10-27-51,52-28-11-4-12-29-52)54-39-40-58-57-31-13-14-35-60(57)70(63(58)44-54)64-41-38-49(45-67-64)59-34-17-18-42-66-59;/h1-45H;. The number of aromatic nitrogens is 5. The molecule has 0 atom stereocenters. The molecular weight excluding hydrogens is 1070 g/mol. The minimum absolute atomic E-state index is 0.860. The third kappa shape index (κ3) is 7.21. The van der Waals surface area contributed by atoms with Crippen molar-refractivity contribution in [2.75, 3.05) is 0 Å². The predicted molar refractivity (Wildman–Crippen MR) is 296 cm³/mol. The Labute approximate surface area is 429 Å². The summed E-state index contributed by atoms with van der Waals surface area (Å²) in [5.41, 5.74) is 13.3. The van der Waals surface area contributed by atoms with Crippen LogP contribution in [0, 0.1) is 3.80 Å². The van der Waals surface area contributed by atoms with Crippen molar-refractivity contribution in [2.45, 2.75) is 0 Å². The summed E-state index contributed by atoms with van der Waals surface area (Å²) in [4.78, 5) is 9.75. The molecule has 13 rings (SSSR count). The van der Waals surface area contributed by atoms with Gasteiger partial charge in [-0.25, -0.2) is 0 Å². The maximum atomic E-state index is 5.14. The van der Waals surface area contributed by atoms with Gasteiger partial charge < -0.3 is 0 Å². The Bertz CT molecular complexity index is 4050. The number of nitrogens with zero attached hydrogens (tertiary/aromatic N) is 5. The van der Waals surface area contributed by atoms with Crippen molar-refractivity contribution in [3.63, 3.8) is 0 Å². The van der Waals surface area contributed by atoms with Crippen LogP contribution in [0.15, 0.2) is 273 Å². The predicted octanol–water partition coefficient (Wildman–Crippen LogP) is 12.8. The molecule has 0 spiro atoms. The van der Waals surface area contributed by atoms with E-state index in [2.05, 4.69) is 281 Å². The maximum absolute atomic E-state index is 5.14. The van der Waals surface area contributed by atoms with Gasteiger partial charge in [0.25, 0.3) is 0 Å². The van der Waals surface area contributed by atoms with E-state index in [0.29, 0.717) is 0 Å². The quantitative estimate of drug-likeness (QED) is 0.101. The van der Waals surface area contributed by atoms with Crippen LogP contribution in [0.5, 0.6) is 0 Å². The van der Waals surface area contributed by atoms with E-state index in [1.807, 2.05) is 30.6 Å². The Morgan fingerprint density at radius 1 is 0.347 bits per heavy atom. The molecule has 0 aliphatic heterocycles. The Kier molecular flexibility index (Phi) is 11.1. The summed E-state index contributed by atoms with van der Waals surface area (Å²) in [6.45, 7) is 0. The zero-order chi connectivity index (χ0) is 48.0. The third-order valence-corrected chi connectivity index (χ3v) is 19.9. The molecule has 344 valence electrons. The van der Waals surface area contributed by atoms with Crippen molar-refractivity contribution >= 4 is 61.7 Å². The van der Waals surface area contributed by atoms with Gasteiger partial charge in [-0.15, -0.1) is 0 Å². The number of para-hydroxylation sites is 4. The van der Waals surface area contributed by atoms with Gasteiger partial charge in [0.15, 0.2) is 0 Å². The minimum atomic E-state index is -3.12. The Balaban J connectivity index is 1.06. The normalized spacial score (nSPS) is 11.7. The summed E-state index contributed by atoms with van der Waals surface area (Å²) in [6, 6.07) is 95.1. The van der Waals surface area contributed by atoms with Crippen LogP contribution in [0.2, 0.25) is 0 Å². The van der Waals surface area contributed by atoms with Crippen molar-refractivity contribution in [1.29, 1.82) is 0 Å². The van der Waals surface area contributed by atoms with Crippen molar-refractivity contribution in [1.82, 2.24) is 23.7 Å². The van der Waals surface area contributed by atoms with E-state index in [4.69, 9.17) is 4.98 Å². The van der Waals surface area contributed by atoms with Crippen molar-refractivity contribution in [3.05, 3.63) is 277 Å². The molecule has 0 aliphatic carbocycles. The topological polar surface area (TPSA) is 40.6 Å². The molecule has 0 saturated heterocycles. The first-order valence-electron chi connectivity index (χ1n) is 24.2. The number of benzene rings is 9. The van der Waals surface area contributed by atoms with Gasteiger partial charge in [0.1, 0.15) is 0 Å². The van der Waals surface area contributed by atoms with Crippen LogP contribution in [0.25, 0.3) is 83.5 Å². The van der Waals surface area contributed by atoms with Gasteiger partial charge in [-0.2, -0.15) is 0 Å². The fourth-order valence-corrected chi connectivity index (χ4v) is 16.8. The van der Waals surface area contributed by atoms with Gasteiger partial charge in [-0.3, -0.25) is 4.98 Å². The molecular formula is C65H45N5PtSi. The summed E-state index contributed by atoms with van der Waals surface area (Å²) in [7, 11) is -3.12. The summed E-state index contributed by atoms with van der Waals surface area (Å²) < 4.78 is 8.34. The molecule has 4 heterocycles. The SMILES string of the molecule is [Pt]=[c]1n(-c2cccc([Si](c3ccccc3)(c3ccccc3)c3ccc4c5ccccc5n(-c5ccc(-c6ccccn6)cn5)c4c3)c2)c2ccccc2n1-c1c(-c2ccccc2)cccc1-c1ccccc1. The van der Waals surface area contributed by atoms with E-state index in [9.17, 15) is 0 Å². The first-order chi connectivity index (χ1) is 35.7. The Morgan fingerprint density at radius 2 is 0.889 bits per heavy atom. The number of pyridine rings is 2. The fraction of sp³-hybridized carbons (Fsp3) is 0. The van der Waals surface area contributed by atoms with E-state index < -0.39 is 8.07 Å². The molecule has 72 heavy (non-hydrogen) atoms. The van der Waals surface area contributed by atoms with Crippen LogP contribution in [-0.2, 0) is 19.4 Å². The molecule has 0 unspecified atom stereocenters. The third-order valence-electron chi connectivity index (χ3n) is 14.1. The van der Waals surface area contributed by atoms with Gasteiger partial charge in [0.2, 0.25) is 0 Å². The molecule has 0 amide bonds. The molecule has 7 heteroatoms. The van der Waals surface area contributed by atoms with E-state index >= 15 is 0 Å². The van der Waals surface area contributed by atoms with Crippen molar-refractivity contribution in [3.8, 4) is 50.7 Å². The van der Waals surface area contributed by atoms with Crippen LogP contribution in [0.1, 0.15) is 0 Å². The number of hydrogen-bond donors (Lipinski definition) is 0. The van der Waals surface area contributed by atoms with Gasteiger partial charge in [0.05, 0.1) is 5.69 Å². The van der Waals surface area contributed by atoms with E-state index in [0.717, 1.165) is 54.3 Å². The van der Waals surface area contributed by atoms with Gasteiger partial charge >= 0.3 is 367 Å². The second-order valence-electron chi connectivity index (χ2n) is 18.1. The zero-order valence-corrected chi connectivity index (χ0v) is 42.3. The summed E-state index contributed by atoms with van der Waals surface area (Å²) >= 11 is 2.57. The van der Waals surface area contributed by atoms with Crippen molar-refractivity contribution in [2.24, 2.45) is 0 Å². The molecule has 5 nitrogen and oxygen atoms in total. The second-order valence-corrected chi connectivity index (χ2v) is 22.9. The molecule has 0 N–H and O–H groups in total. The summed E-state index contributed by atoms with van der Waals surface area (Å²) in [5, 5.41) is 7.55. The number of fused-ring (bicyclic) bond motifs is 4. The van der Waals surface area contributed by atoms with Crippen LogP contribution >= 0.6 is 0 Å². The monoisotopic (exact) mass is 1120 g/mol. The number of hydrogen-bond acceptors (Lipinski definition) is 2. The number of rotatable bonds is 10. The molecule has 0 aliphatic rings. The van der Waals surface area contributed by atoms with E-state index in [1.165, 1.54) is 53.8 Å². The Morgan fingerprint density at radius 3 is 1.51 bits per heavy atom. The van der Waals surface area contributed by atoms with Gasteiger partial charge in [0, 0.05) is 18.0 Å². The molecule has 0 radical (unpaired) electrons. The molecule has 0 fully saturated rings. The van der Waals surface area contributed by atoms with Crippen molar-refractivity contribution < 1.29 is 19.4 Å². The molecule has 13 aromatic rings.